The summed E-state index contributed by atoms with van der Waals surface area (Å²) >= 11 is 11.6. The highest BCUT2D eigenvalue weighted by molar-refractivity contribution is 6.37. The van der Waals surface area contributed by atoms with E-state index in [0.717, 1.165) is 0 Å². The predicted molar refractivity (Wildman–Crippen MR) is 71.6 cm³/mol. The number of nitrogens with one attached hydrogen (secondary N) is 1. The van der Waals surface area contributed by atoms with Crippen molar-refractivity contribution in [2.75, 3.05) is 13.6 Å². The highest BCUT2D eigenvalue weighted by atomic mass is 35.5. The Bertz CT molecular complexity index is 525. The molecule has 2 amide bonds. The number of likely N-dealkylation sites (N-methyl/N-ethyl adjacent to an activating group) is 1. The van der Waals surface area contributed by atoms with Gasteiger partial charge in [-0.05, 0) is 18.6 Å². The van der Waals surface area contributed by atoms with E-state index < -0.39 is 11.9 Å². The predicted octanol–water partition coefficient (Wildman–Crippen LogP) is 1.66. The molecule has 1 saturated heterocycles. The molecule has 1 aromatic rings. The number of hydrogen-bond acceptors (Lipinski definition) is 3. The fourth-order valence-corrected chi connectivity index (χ4v) is 2.54. The second kappa shape index (κ2) is 5.27. The van der Waals surface area contributed by atoms with Crippen LogP contribution < -0.4 is 5.32 Å². The smallest absolute Gasteiger partial charge is 0.257 e. The molecule has 0 bridgehead atoms. The topological polar surface area (TPSA) is 69.6 Å². The number of amides is 2. The number of likely N-dealkylation sites (tertiary alicyclic amines) is 1. The van der Waals surface area contributed by atoms with Crippen LogP contribution in [-0.2, 0) is 4.79 Å². The van der Waals surface area contributed by atoms with Crippen molar-refractivity contribution in [3.8, 4) is 5.75 Å². The maximum atomic E-state index is 12.0. The van der Waals surface area contributed by atoms with E-state index in [0.29, 0.717) is 13.0 Å². The second-order valence-electron chi connectivity index (χ2n) is 4.36. The molecule has 1 aliphatic heterocycles. The molecule has 1 aromatic carbocycles. The maximum absolute atomic E-state index is 12.0. The zero-order chi connectivity index (χ0) is 14.2. The van der Waals surface area contributed by atoms with Crippen LogP contribution in [0.25, 0.3) is 0 Å². The molecule has 2 rings (SSSR count). The average Bonchev–Trinajstić information content (AvgIpc) is 2.59. The maximum Gasteiger partial charge on any atom is 0.257 e. The van der Waals surface area contributed by atoms with E-state index in [1.807, 2.05) is 0 Å². The van der Waals surface area contributed by atoms with E-state index in [9.17, 15) is 14.7 Å². The molecule has 0 spiro atoms. The zero-order valence-electron chi connectivity index (χ0n) is 10.1. The summed E-state index contributed by atoms with van der Waals surface area (Å²) in [5.74, 6) is -1.06. The van der Waals surface area contributed by atoms with Gasteiger partial charge in [0.05, 0.1) is 10.6 Å². The van der Waals surface area contributed by atoms with Crippen LogP contribution in [0.1, 0.15) is 16.8 Å². The minimum absolute atomic E-state index is 0.0429. The number of nitrogens with zero attached hydrogens (tertiary/aromatic N) is 1. The summed E-state index contributed by atoms with van der Waals surface area (Å²) in [4.78, 5) is 25.3. The standard InChI is InChI=1S/C12H12Cl2N2O3/c1-16-3-2-8(12(16)19)15-11(18)10-7(14)4-6(13)5-9(10)17/h4-5,8,17H,2-3H2,1H3,(H,15,18)/t8-/m0/s1. The van der Waals surface area contributed by atoms with Crippen LogP contribution in [0.4, 0.5) is 0 Å². The van der Waals surface area contributed by atoms with Crippen molar-refractivity contribution in [3.05, 3.63) is 27.7 Å². The molecular formula is C12H12Cl2N2O3. The Balaban J connectivity index is 2.19. The van der Waals surface area contributed by atoms with E-state index >= 15 is 0 Å². The third-order valence-corrected chi connectivity index (χ3v) is 3.51. The first-order chi connectivity index (χ1) is 8.90. The van der Waals surface area contributed by atoms with Crippen LogP contribution in [0.2, 0.25) is 10.0 Å². The summed E-state index contributed by atoms with van der Waals surface area (Å²) in [5, 5.41) is 12.5. The fourth-order valence-electron chi connectivity index (χ4n) is 1.97. The van der Waals surface area contributed by atoms with Crippen molar-refractivity contribution in [1.82, 2.24) is 10.2 Å². The summed E-state index contributed by atoms with van der Waals surface area (Å²) in [6.07, 6.45) is 0.535. The van der Waals surface area contributed by atoms with Crippen molar-refractivity contribution in [2.24, 2.45) is 0 Å². The molecule has 7 heteroatoms. The van der Waals surface area contributed by atoms with Crippen LogP contribution in [0.15, 0.2) is 12.1 Å². The van der Waals surface area contributed by atoms with Gasteiger partial charge in [-0.25, -0.2) is 0 Å². The fraction of sp³-hybridized carbons (Fsp3) is 0.333. The molecule has 102 valence electrons. The first kappa shape index (κ1) is 14.0. The number of hydrogen-bond donors (Lipinski definition) is 2. The monoisotopic (exact) mass is 302 g/mol. The first-order valence-corrected chi connectivity index (χ1v) is 6.39. The molecule has 0 aromatic heterocycles. The van der Waals surface area contributed by atoms with Crippen molar-refractivity contribution in [3.63, 3.8) is 0 Å². The minimum atomic E-state index is -0.590. The van der Waals surface area contributed by atoms with Crippen molar-refractivity contribution >= 4 is 35.0 Å². The number of carbonyl (C=O) groups is 2. The number of benzene rings is 1. The van der Waals surface area contributed by atoms with Gasteiger partial charge in [-0.15, -0.1) is 0 Å². The molecule has 0 aliphatic carbocycles. The highest BCUT2D eigenvalue weighted by Gasteiger charge is 2.31. The SMILES string of the molecule is CN1CC[C@H](NC(=O)c2c(O)cc(Cl)cc2Cl)C1=O. The largest absolute Gasteiger partial charge is 0.507 e. The Labute approximate surface area is 120 Å². The molecule has 1 aliphatic rings. The first-order valence-electron chi connectivity index (χ1n) is 5.64. The number of rotatable bonds is 2. The highest BCUT2D eigenvalue weighted by Crippen LogP contribution is 2.30. The Hall–Kier alpha value is -1.46. The molecule has 0 saturated carbocycles. The lowest BCUT2D eigenvalue weighted by Crippen LogP contribution is -2.40. The van der Waals surface area contributed by atoms with Crippen LogP contribution in [-0.4, -0.2) is 41.5 Å². The van der Waals surface area contributed by atoms with E-state index in [1.165, 1.54) is 17.0 Å². The van der Waals surface area contributed by atoms with Gasteiger partial charge in [0.2, 0.25) is 5.91 Å². The lowest BCUT2D eigenvalue weighted by Gasteiger charge is -2.13. The lowest BCUT2D eigenvalue weighted by atomic mass is 10.1. The van der Waals surface area contributed by atoms with E-state index in [4.69, 9.17) is 23.2 Å². The Morgan fingerprint density at radius 3 is 2.68 bits per heavy atom. The van der Waals surface area contributed by atoms with Gasteiger partial charge in [0, 0.05) is 18.6 Å². The minimum Gasteiger partial charge on any atom is -0.507 e. The van der Waals surface area contributed by atoms with Gasteiger partial charge in [-0.2, -0.15) is 0 Å². The van der Waals surface area contributed by atoms with Gasteiger partial charge >= 0.3 is 0 Å². The molecule has 0 unspecified atom stereocenters. The van der Waals surface area contributed by atoms with E-state index in [-0.39, 0.29) is 27.3 Å². The van der Waals surface area contributed by atoms with Crippen LogP contribution in [0, 0.1) is 0 Å². The molecule has 0 radical (unpaired) electrons. The van der Waals surface area contributed by atoms with Crippen LogP contribution in [0.3, 0.4) is 0 Å². The second-order valence-corrected chi connectivity index (χ2v) is 5.20. The van der Waals surface area contributed by atoms with Crippen LogP contribution in [0.5, 0.6) is 5.75 Å². The van der Waals surface area contributed by atoms with Crippen molar-refractivity contribution < 1.29 is 14.7 Å². The summed E-state index contributed by atoms with van der Waals surface area (Å²) in [6, 6.07) is 2.01. The lowest BCUT2D eigenvalue weighted by molar-refractivity contribution is -0.128. The average molecular weight is 303 g/mol. The molecule has 2 N–H and O–H groups in total. The van der Waals surface area contributed by atoms with Gasteiger partial charge in [0.25, 0.3) is 5.91 Å². The van der Waals surface area contributed by atoms with Crippen molar-refractivity contribution in [2.45, 2.75) is 12.5 Å². The van der Waals surface area contributed by atoms with Gasteiger partial charge in [0.1, 0.15) is 11.8 Å². The molecule has 5 nitrogen and oxygen atoms in total. The van der Waals surface area contributed by atoms with Gasteiger partial charge in [-0.3, -0.25) is 9.59 Å². The number of phenols is 1. The molecule has 1 atom stereocenters. The summed E-state index contributed by atoms with van der Waals surface area (Å²) in [7, 11) is 1.67. The molecule has 19 heavy (non-hydrogen) atoms. The molecule has 1 fully saturated rings. The van der Waals surface area contributed by atoms with Gasteiger partial charge in [-0.1, -0.05) is 23.2 Å². The van der Waals surface area contributed by atoms with E-state index in [1.54, 1.807) is 7.05 Å². The summed E-state index contributed by atoms with van der Waals surface area (Å²) in [6.45, 7) is 0.587. The Kier molecular flexibility index (Phi) is 3.87. The zero-order valence-corrected chi connectivity index (χ0v) is 11.6. The number of carbonyl (C=O) groups excluding carboxylic acids is 2. The van der Waals surface area contributed by atoms with E-state index in [2.05, 4.69) is 5.32 Å². The third-order valence-electron chi connectivity index (χ3n) is 2.99. The third kappa shape index (κ3) is 2.77. The summed E-state index contributed by atoms with van der Waals surface area (Å²) < 4.78 is 0. The van der Waals surface area contributed by atoms with Gasteiger partial charge < -0.3 is 15.3 Å². The van der Waals surface area contributed by atoms with Crippen molar-refractivity contribution in [1.29, 1.82) is 0 Å². The quantitative estimate of drug-likeness (QED) is 0.873. The Morgan fingerprint density at radius 2 is 2.16 bits per heavy atom. The number of phenolic OH excluding ortho intramolecular Hbond substituents is 1. The molecule has 1 heterocycles. The Morgan fingerprint density at radius 1 is 1.47 bits per heavy atom. The van der Waals surface area contributed by atoms with Gasteiger partial charge in [0.15, 0.2) is 0 Å². The normalized spacial score (nSPS) is 18.8. The molecular weight excluding hydrogens is 291 g/mol. The van der Waals surface area contributed by atoms with Crippen LogP contribution >= 0.6 is 23.2 Å². The summed E-state index contributed by atoms with van der Waals surface area (Å²) in [5.41, 5.74) is -0.0755. The number of aromatic hydroxyl groups is 1. The number of halogens is 2.